The van der Waals surface area contributed by atoms with Crippen molar-refractivity contribution in [3.63, 3.8) is 0 Å². The Morgan fingerprint density at radius 1 is 0.826 bits per heavy atom. The summed E-state index contributed by atoms with van der Waals surface area (Å²) in [5.74, 6) is 1.30. The topological polar surface area (TPSA) is 83.0 Å². The van der Waals surface area contributed by atoms with Crippen LogP contribution in [0.15, 0.2) is 103 Å². The molecule has 4 heterocycles. The fourth-order valence-corrected chi connectivity index (χ4v) is 5.53. The van der Waals surface area contributed by atoms with E-state index in [0.717, 1.165) is 64.8 Å². The van der Waals surface area contributed by atoms with Gasteiger partial charge in [-0.3, -0.25) is 4.79 Å². The van der Waals surface area contributed by atoms with Crippen LogP contribution in [0.5, 0.6) is 0 Å². The molecule has 0 unspecified atom stereocenters. The first-order valence-electron chi connectivity index (χ1n) is 15.1. The molecule has 0 bridgehead atoms. The number of alkyl halides is 3. The summed E-state index contributed by atoms with van der Waals surface area (Å²) in [7, 11) is 0. The Kier molecular flexibility index (Phi) is 8.96. The summed E-state index contributed by atoms with van der Waals surface area (Å²) in [5.41, 5.74) is 4.80. The van der Waals surface area contributed by atoms with Crippen molar-refractivity contribution in [2.75, 3.05) is 23.7 Å². The standard InChI is InChI=1S/C36H33F3N6O/c1-24-19-31(43-34(20-24)44-33-22-29(13-16-40-33)36(37,38)39)28-11-12-32(41-23-28)42-30-14-17-45(18-15-30)35(46)21-25-7-9-27(10-8-25)26-5-3-2-4-6-26/h2-13,16,19-20,22-23,30H,14-15,17-18,21H2,1H3,(H,41,42)(H,40,43,44). The normalized spacial score (nSPS) is 13.8. The smallest absolute Gasteiger partial charge is 0.367 e. The zero-order valence-corrected chi connectivity index (χ0v) is 25.3. The van der Waals surface area contributed by atoms with E-state index in [1.54, 1.807) is 12.3 Å². The van der Waals surface area contributed by atoms with E-state index in [2.05, 4.69) is 49.9 Å². The number of amides is 1. The summed E-state index contributed by atoms with van der Waals surface area (Å²) in [4.78, 5) is 28.1. The molecular formula is C36H33F3N6O. The van der Waals surface area contributed by atoms with Crippen molar-refractivity contribution in [3.8, 4) is 22.4 Å². The number of carbonyl (C=O) groups is 1. The average molecular weight is 623 g/mol. The number of aromatic nitrogens is 3. The van der Waals surface area contributed by atoms with Gasteiger partial charge in [0.2, 0.25) is 5.91 Å². The summed E-state index contributed by atoms with van der Waals surface area (Å²) < 4.78 is 39.3. The molecule has 2 aromatic carbocycles. The van der Waals surface area contributed by atoms with Gasteiger partial charge < -0.3 is 15.5 Å². The SMILES string of the molecule is Cc1cc(Nc2cc(C(F)(F)F)ccn2)nc(-c2ccc(NC3CCN(C(=O)Cc4ccc(-c5ccccc5)cc4)CC3)nc2)c1. The van der Waals surface area contributed by atoms with Crippen molar-refractivity contribution in [3.05, 3.63) is 120 Å². The van der Waals surface area contributed by atoms with Gasteiger partial charge in [0, 0.05) is 37.1 Å². The van der Waals surface area contributed by atoms with Crippen LogP contribution < -0.4 is 10.6 Å². The highest BCUT2D eigenvalue weighted by atomic mass is 19.4. The van der Waals surface area contributed by atoms with Crippen LogP contribution in [0.2, 0.25) is 0 Å². The first kappa shape index (κ1) is 30.8. The van der Waals surface area contributed by atoms with E-state index in [1.165, 1.54) is 0 Å². The Morgan fingerprint density at radius 3 is 2.24 bits per heavy atom. The number of aryl methyl sites for hydroxylation is 1. The van der Waals surface area contributed by atoms with Gasteiger partial charge in [-0.05, 0) is 78.4 Å². The third kappa shape index (κ3) is 7.69. The van der Waals surface area contributed by atoms with Crippen molar-refractivity contribution in [2.45, 2.75) is 38.4 Å². The quantitative estimate of drug-likeness (QED) is 0.183. The third-order valence-electron chi connectivity index (χ3n) is 7.99. The van der Waals surface area contributed by atoms with E-state index in [-0.39, 0.29) is 17.8 Å². The maximum Gasteiger partial charge on any atom is 0.416 e. The van der Waals surface area contributed by atoms with E-state index in [1.807, 2.05) is 60.4 Å². The number of likely N-dealkylation sites (tertiary alicyclic amines) is 1. The van der Waals surface area contributed by atoms with Crippen molar-refractivity contribution < 1.29 is 18.0 Å². The van der Waals surface area contributed by atoms with Gasteiger partial charge in [0.15, 0.2) is 0 Å². The first-order chi connectivity index (χ1) is 22.2. The molecule has 1 aliphatic rings. The van der Waals surface area contributed by atoms with Gasteiger partial charge in [-0.15, -0.1) is 0 Å². The number of benzene rings is 2. The van der Waals surface area contributed by atoms with Gasteiger partial charge in [0.05, 0.1) is 17.7 Å². The third-order valence-corrected chi connectivity index (χ3v) is 7.99. The molecule has 0 aliphatic carbocycles. The molecule has 1 fully saturated rings. The fourth-order valence-electron chi connectivity index (χ4n) is 5.53. The molecule has 2 N–H and O–H groups in total. The molecular weight excluding hydrogens is 589 g/mol. The van der Waals surface area contributed by atoms with Crippen LogP contribution in [0.25, 0.3) is 22.4 Å². The number of nitrogens with zero attached hydrogens (tertiary/aromatic N) is 4. The molecule has 10 heteroatoms. The van der Waals surface area contributed by atoms with Crippen molar-refractivity contribution >= 4 is 23.4 Å². The molecule has 0 radical (unpaired) electrons. The van der Waals surface area contributed by atoms with Gasteiger partial charge in [0.25, 0.3) is 0 Å². The lowest BCUT2D eigenvalue weighted by Gasteiger charge is -2.32. The van der Waals surface area contributed by atoms with Crippen LogP contribution in [-0.2, 0) is 17.4 Å². The second kappa shape index (κ2) is 13.4. The van der Waals surface area contributed by atoms with Crippen molar-refractivity contribution in [1.82, 2.24) is 19.9 Å². The molecule has 3 aromatic heterocycles. The average Bonchev–Trinajstić information content (AvgIpc) is 3.06. The fraction of sp³-hybridized carbons (Fsp3) is 0.222. The maximum atomic E-state index is 13.1. The minimum Gasteiger partial charge on any atom is -0.367 e. The van der Waals surface area contributed by atoms with E-state index in [4.69, 9.17) is 0 Å². The summed E-state index contributed by atoms with van der Waals surface area (Å²) in [6, 6.07) is 27.9. The summed E-state index contributed by atoms with van der Waals surface area (Å²) in [6.07, 6.45) is 0.400. The molecule has 0 atom stereocenters. The summed E-state index contributed by atoms with van der Waals surface area (Å²) >= 11 is 0. The second-order valence-electron chi connectivity index (χ2n) is 11.4. The number of pyridine rings is 3. The van der Waals surface area contributed by atoms with Crippen molar-refractivity contribution in [1.29, 1.82) is 0 Å². The number of piperidine rings is 1. The summed E-state index contributed by atoms with van der Waals surface area (Å²) in [6.45, 7) is 3.25. The lowest BCUT2D eigenvalue weighted by molar-refractivity contribution is -0.137. The lowest BCUT2D eigenvalue weighted by Crippen LogP contribution is -2.43. The Bertz CT molecular complexity index is 1790. The van der Waals surface area contributed by atoms with Gasteiger partial charge in [-0.2, -0.15) is 13.2 Å². The van der Waals surface area contributed by atoms with Crippen LogP contribution in [0.3, 0.4) is 0 Å². The Hall–Kier alpha value is -5.25. The Morgan fingerprint density at radius 2 is 1.54 bits per heavy atom. The zero-order chi connectivity index (χ0) is 32.1. The Balaban J connectivity index is 1.01. The van der Waals surface area contributed by atoms with Crippen LogP contribution in [0, 0.1) is 6.92 Å². The minimum atomic E-state index is -4.46. The van der Waals surface area contributed by atoms with E-state index < -0.39 is 11.7 Å². The molecule has 46 heavy (non-hydrogen) atoms. The van der Waals surface area contributed by atoms with Gasteiger partial charge in [0.1, 0.15) is 17.5 Å². The maximum absolute atomic E-state index is 13.1. The van der Waals surface area contributed by atoms with Gasteiger partial charge >= 0.3 is 6.18 Å². The number of nitrogens with one attached hydrogen (secondary N) is 2. The molecule has 5 aromatic rings. The lowest BCUT2D eigenvalue weighted by atomic mass is 10.0. The number of hydrogen-bond donors (Lipinski definition) is 2. The molecule has 7 nitrogen and oxygen atoms in total. The molecule has 234 valence electrons. The van der Waals surface area contributed by atoms with Crippen LogP contribution in [0.1, 0.15) is 29.5 Å². The molecule has 1 saturated heterocycles. The highest BCUT2D eigenvalue weighted by Crippen LogP contribution is 2.31. The van der Waals surface area contributed by atoms with E-state index in [9.17, 15) is 18.0 Å². The van der Waals surface area contributed by atoms with Crippen LogP contribution >= 0.6 is 0 Å². The summed E-state index contributed by atoms with van der Waals surface area (Å²) in [5, 5.41) is 6.36. The molecule has 6 rings (SSSR count). The predicted octanol–water partition coefficient (Wildman–Crippen LogP) is 7.92. The number of rotatable bonds is 8. The second-order valence-corrected chi connectivity index (χ2v) is 11.4. The number of carbonyl (C=O) groups excluding carboxylic acids is 1. The molecule has 0 saturated carbocycles. The predicted molar refractivity (Wildman–Crippen MR) is 174 cm³/mol. The largest absolute Gasteiger partial charge is 0.416 e. The van der Waals surface area contributed by atoms with Gasteiger partial charge in [-0.25, -0.2) is 15.0 Å². The number of halogens is 3. The minimum absolute atomic E-state index is 0.0572. The van der Waals surface area contributed by atoms with Crippen molar-refractivity contribution in [2.24, 2.45) is 0 Å². The van der Waals surface area contributed by atoms with Crippen LogP contribution in [-0.4, -0.2) is 44.9 Å². The molecule has 1 aliphatic heterocycles. The Labute approximate surface area is 265 Å². The number of anilines is 3. The number of hydrogen-bond acceptors (Lipinski definition) is 6. The van der Waals surface area contributed by atoms with E-state index >= 15 is 0 Å². The van der Waals surface area contributed by atoms with E-state index in [0.29, 0.717) is 31.0 Å². The highest BCUT2D eigenvalue weighted by molar-refractivity contribution is 5.79. The van der Waals surface area contributed by atoms with Gasteiger partial charge in [-0.1, -0.05) is 54.6 Å². The highest BCUT2D eigenvalue weighted by Gasteiger charge is 2.30. The zero-order valence-electron chi connectivity index (χ0n) is 25.3. The molecule has 0 spiro atoms. The monoisotopic (exact) mass is 622 g/mol. The first-order valence-corrected chi connectivity index (χ1v) is 15.1. The molecule has 1 amide bonds. The van der Waals surface area contributed by atoms with Crippen LogP contribution in [0.4, 0.5) is 30.6 Å².